The molecular formula is CH6O6SiTi. The second-order valence-electron chi connectivity index (χ2n) is 0.861. The van der Waals surface area contributed by atoms with Crippen LogP contribution >= 0.6 is 0 Å². The van der Waals surface area contributed by atoms with Crippen LogP contribution in [0.2, 0.25) is 0 Å². The first kappa shape index (κ1) is 12.1. The van der Waals surface area contributed by atoms with E-state index in [9.17, 15) is 0 Å². The summed E-state index contributed by atoms with van der Waals surface area (Å²) in [5.41, 5.74) is 0. The topological polar surface area (TPSA) is 104 Å². The van der Waals surface area contributed by atoms with Gasteiger partial charge in [0.1, 0.15) is 0 Å². The Hall–Kier alpha value is 0.371. The Labute approximate surface area is 61.1 Å². The third kappa shape index (κ3) is 29.9. The molecule has 0 aliphatic heterocycles. The van der Waals surface area contributed by atoms with Gasteiger partial charge in [-0.15, -0.1) is 0 Å². The Balaban J connectivity index is 0. The van der Waals surface area contributed by atoms with Crippen molar-refractivity contribution in [3.8, 4) is 0 Å². The molecule has 0 spiro atoms. The van der Waals surface area contributed by atoms with Crippen molar-refractivity contribution in [2.45, 2.75) is 0 Å². The molecule has 0 saturated carbocycles. The fourth-order valence-electron chi connectivity index (χ4n) is 0. The molecule has 0 unspecified atom stereocenters. The van der Waals surface area contributed by atoms with Gasteiger partial charge in [0.05, 0.1) is 0 Å². The standard InChI is InChI=1S/CH6O4Si.2O.Ti/c1-5-6(2,3)4;;;/h2-4H,1H3;;;. The predicted octanol–water partition coefficient (Wildman–Crippen LogP) is -2.19. The van der Waals surface area contributed by atoms with Crippen molar-refractivity contribution in [3.63, 3.8) is 0 Å². The first-order valence-electron chi connectivity index (χ1n) is 1.69. The molecule has 0 aromatic rings. The van der Waals surface area contributed by atoms with Crippen molar-refractivity contribution in [2.75, 3.05) is 7.11 Å². The minimum atomic E-state index is -4.13. The summed E-state index contributed by atoms with van der Waals surface area (Å²) in [7, 11) is -3.11. The van der Waals surface area contributed by atoms with Crippen LogP contribution in [0.4, 0.5) is 0 Å². The molecular weight excluding hydrogens is 184 g/mol. The molecule has 3 N–H and O–H groups in total. The Morgan fingerprint density at radius 2 is 1.44 bits per heavy atom. The van der Waals surface area contributed by atoms with Crippen molar-refractivity contribution in [2.24, 2.45) is 0 Å². The SMILES string of the molecule is CO[Si](O)(O)O.[O]=[Ti]=[O]. The predicted molar refractivity (Wildman–Crippen MR) is 20.8 cm³/mol. The van der Waals surface area contributed by atoms with Gasteiger partial charge in [0.2, 0.25) is 0 Å². The third-order valence-corrected chi connectivity index (χ3v) is 0.822. The Morgan fingerprint density at radius 1 is 1.33 bits per heavy atom. The van der Waals surface area contributed by atoms with Gasteiger partial charge in [-0.05, 0) is 0 Å². The van der Waals surface area contributed by atoms with Crippen LogP contribution in [-0.2, 0) is 30.2 Å². The molecule has 0 atom stereocenters. The van der Waals surface area contributed by atoms with Crippen LogP contribution in [0, 0.1) is 0 Å². The normalized spacial score (nSPS) is 8.89. The monoisotopic (exact) mass is 190 g/mol. The summed E-state index contributed by atoms with van der Waals surface area (Å²) in [6.07, 6.45) is 0. The summed E-state index contributed by atoms with van der Waals surface area (Å²) >= 11 is -2.00. The third-order valence-electron chi connectivity index (χ3n) is 0.274. The zero-order valence-electron chi connectivity index (χ0n) is 4.57. The van der Waals surface area contributed by atoms with E-state index in [2.05, 4.69) is 4.43 Å². The van der Waals surface area contributed by atoms with E-state index in [-0.39, 0.29) is 0 Å². The summed E-state index contributed by atoms with van der Waals surface area (Å²) in [5.74, 6) is 0. The van der Waals surface area contributed by atoms with E-state index in [1.807, 2.05) is 0 Å². The van der Waals surface area contributed by atoms with Crippen LogP contribution in [0.25, 0.3) is 0 Å². The van der Waals surface area contributed by atoms with Gasteiger partial charge in [-0.1, -0.05) is 0 Å². The summed E-state index contributed by atoms with van der Waals surface area (Å²) in [6.45, 7) is 0. The van der Waals surface area contributed by atoms with Crippen molar-refractivity contribution in [1.29, 1.82) is 0 Å². The van der Waals surface area contributed by atoms with Gasteiger partial charge in [0.15, 0.2) is 0 Å². The van der Waals surface area contributed by atoms with Gasteiger partial charge < -0.3 is 18.8 Å². The van der Waals surface area contributed by atoms with E-state index in [0.29, 0.717) is 0 Å². The molecule has 0 heterocycles. The molecule has 0 aliphatic carbocycles. The van der Waals surface area contributed by atoms with Gasteiger partial charge in [0.25, 0.3) is 0 Å². The molecule has 54 valence electrons. The van der Waals surface area contributed by atoms with Crippen LogP contribution in [0.1, 0.15) is 0 Å². The molecule has 8 heteroatoms. The van der Waals surface area contributed by atoms with Crippen LogP contribution < -0.4 is 0 Å². The quantitative estimate of drug-likeness (QED) is 0.405. The second kappa shape index (κ2) is 6.49. The minimum absolute atomic E-state index is 1.02. The maximum absolute atomic E-state index is 8.50. The second-order valence-corrected chi connectivity index (χ2v) is 2.68. The molecule has 0 aromatic carbocycles. The molecule has 0 aliphatic rings. The van der Waals surface area contributed by atoms with E-state index in [1.165, 1.54) is 0 Å². The summed E-state index contributed by atoms with van der Waals surface area (Å²) in [6, 6.07) is 0. The van der Waals surface area contributed by atoms with E-state index in [0.717, 1.165) is 7.11 Å². The molecule has 0 aromatic heterocycles. The molecule has 0 saturated heterocycles. The molecule has 9 heavy (non-hydrogen) atoms. The van der Waals surface area contributed by atoms with Crippen molar-refractivity contribution in [3.05, 3.63) is 0 Å². The van der Waals surface area contributed by atoms with E-state index in [1.54, 1.807) is 0 Å². The van der Waals surface area contributed by atoms with Gasteiger partial charge in [-0.25, -0.2) is 0 Å². The molecule has 0 rings (SSSR count). The van der Waals surface area contributed by atoms with Crippen LogP contribution in [0.5, 0.6) is 0 Å². The fraction of sp³-hybridized carbons (Fsp3) is 1.00. The first-order valence-corrected chi connectivity index (χ1v) is 4.72. The van der Waals surface area contributed by atoms with Gasteiger partial charge in [-0.3, -0.25) is 0 Å². The zero-order valence-corrected chi connectivity index (χ0v) is 7.13. The number of hydrogen-bond acceptors (Lipinski definition) is 6. The van der Waals surface area contributed by atoms with Crippen molar-refractivity contribution in [1.82, 2.24) is 0 Å². The average molecular weight is 190 g/mol. The zero-order chi connectivity index (χ0) is 7.91. The van der Waals surface area contributed by atoms with Crippen LogP contribution in [-0.4, -0.2) is 30.5 Å². The van der Waals surface area contributed by atoms with Crippen LogP contribution in [0.3, 0.4) is 0 Å². The van der Waals surface area contributed by atoms with E-state index >= 15 is 0 Å². The van der Waals surface area contributed by atoms with E-state index in [4.69, 9.17) is 21.0 Å². The van der Waals surface area contributed by atoms with Gasteiger partial charge >= 0.3 is 34.8 Å². The molecule has 6 nitrogen and oxygen atoms in total. The Kier molecular flexibility index (Phi) is 8.72. The summed E-state index contributed by atoms with van der Waals surface area (Å²) < 4.78 is 20.7. The maximum atomic E-state index is 8.50. The molecule has 0 fully saturated rings. The summed E-state index contributed by atoms with van der Waals surface area (Å²) in [5, 5.41) is 0. The van der Waals surface area contributed by atoms with Crippen molar-refractivity contribution < 1.29 is 44.6 Å². The average Bonchev–Trinajstić information content (AvgIpc) is 1.67. The fourth-order valence-corrected chi connectivity index (χ4v) is 0. The molecule has 0 amide bonds. The summed E-state index contributed by atoms with van der Waals surface area (Å²) in [4.78, 5) is 23.6. The van der Waals surface area contributed by atoms with Gasteiger partial charge in [0, 0.05) is 7.11 Å². The van der Waals surface area contributed by atoms with E-state index < -0.39 is 28.1 Å². The Bertz CT molecular complexity index is 89.7. The first-order chi connectivity index (χ1) is 3.97. The Morgan fingerprint density at radius 3 is 1.44 bits per heavy atom. The number of hydrogen-bond donors (Lipinski definition) is 3. The van der Waals surface area contributed by atoms with Crippen molar-refractivity contribution >= 4 is 9.05 Å². The number of rotatable bonds is 1. The van der Waals surface area contributed by atoms with Crippen LogP contribution in [0.15, 0.2) is 0 Å². The van der Waals surface area contributed by atoms with Gasteiger partial charge in [-0.2, -0.15) is 0 Å². The molecule has 0 radical (unpaired) electrons. The molecule has 0 bridgehead atoms.